The molecule has 6 heteroatoms. The van der Waals surface area contributed by atoms with Gasteiger partial charge >= 0.3 is 0 Å². The lowest BCUT2D eigenvalue weighted by Crippen LogP contribution is -2.22. The highest BCUT2D eigenvalue weighted by atomic mass is 32.2. The van der Waals surface area contributed by atoms with Crippen LogP contribution in [0.5, 0.6) is 0 Å². The Morgan fingerprint density at radius 3 is 2.60 bits per heavy atom. The van der Waals surface area contributed by atoms with E-state index in [4.69, 9.17) is 0 Å². The van der Waals surface area contributed by atoms with Gasteiger partial charge in [-0.25, -0.2) is 12.7 Å². The predicted octanol–water partition coefficient (Wildman–Crippen LogP) is 3.17. The Bertz CT molecular complexity index is 664. The van der Waals surface area contributed by atoms with Crippen molar-refractivity contribution in [3.05, 3.63) is 46.7 Å². The Morgan fingerprint density at radius 2 is 2.00 bits per heavy atom. The lowest BCUT2D eigenvalue weighted by Gasteiger charge is -2.16. The molecule has 0 fully saturated rings. The molecule has 0 bridgehead atoms. The summed E-state index contributed by atoms with van der Waals surface area (Å²) in [5, 5.41) is 7.43. The van der Waals surface area contributed by atoms with Gasteiger partial charge < -0.3 is 5.32 Å². The molecule has 20 heavy (non-hydrogen) atoms. The minimum atomic E-state index is -3.39. The van der Waals surface area contributed by atoms with E-state index in [1.165, 1.54) is 24.0 Å². The van der Waals surface area contributed by atoms with Crippen LogP contribution in [0.25, 0.3) is 0 Å². The Morgan fingerprint density at radius 1 is 1.25 bits per heavy atom. The van der Waals surface area contributed by atoms with Crippen molar-refractivity contribution < 1.29 is 8.42 Å². The Kier molecular flexibility index (Phi) is 4.47. The second kappa shape index (κ2) is 5.95. The van der Waals surface area contributed by atoms with Crippen molar-refractivity contribution in [2.45, 2.75) is 17.9 Å². The van der Waals surface area contributed by atoms with Gasteiger partial charge in [-0.1, -0.05) is 6.07 Å². The molecule has 1 N–H and O–H groups in total. The van der Waals surface area contributed by atoms with Crippen LogP contribution in [0.1, 0.15) is 18.5 Å². The maximum atomic E-state index is 12.1. The quantitative estimate of drug-likeness (QED) is 0.923. The molecular formula is C14H18N2O2S2. The first kappa shape index (κ1) is 15.0. The van der Waals surface area contributed by atoms with Crippen molar-refractivity contribution in [3.63, 3.8) is 0 Å². The molecule has 1 aromatic heterocycles. The van der Waals surface area contributed by atoms with Crippen LogP contribution in [0, 0.1) is 0 Å². The zero-order chi connectivity index (χ0) is 14.8. The normalized spacial score (nSPS) is 13.4. The molecule has 0 radical (unpaired) electrons. The molecule has 1 atom stereocenters. The molecule has 0 saturated heterocycles. The number of nitrogens with zero attached hydrogens (tertiary/aromatic N) is 1. The summed E-state index contributed by atoms with van der Waals surface area (Å²) in [6.07, 6.45) is 0. The fourth-order valence-electron chi connectivity index (χ4n) is 1.81. The highest BCUT2D eigenvalue weighted by Crippen LogP contribution is 2.23. The highest BCUT2D eigenvalue weighted by Gasteiger charge is 2.17. The number of sulfonamides is 1. The van der Waals surface area contributed by atoms with Crippen molar-refractivity contribution in [2.75, 3.05) is 19.4 Å². The summed E-state index contributed by atoms with van der Waals surface area (Å²) in [5.74, 6) is 0. The van der Waals surface area contributed by atoms with Gasteiger partial charge in [0.15, 0.2) is 0 Å². The molecule has 0 aliphatic carbocycles. The number of benzene rings is 1. The molecular weight excluding hydrogens is 292 g/mol. The third-order valence-corrected chi connectivity index (χ3v) is 5.55. The summed E-state index contributed by atoms with van der Waals surface area (Å²) in [5.41, 5.74) is 1.99. The molecule has 0 aliphatic heterocycles. The number of thiophene rings is 1. The standard InChI is InChI=1S/C14H18N2O2S2/c1-11(12-7-8-19-10-12)15-13-5-4-6-14(9-13)20(17,18)16(2)3/h4-11,15H,1-3H3. The average Bonchev–Trinajstić information content (AvgIpc) is 2.92. The summed E-state index contributed by atoms with van der Waals surface area (Å²) in [4.78, 5) is 0.296. The fraction of sp³-hybridized carbons (Fsp3) is 0.286. The molecule has 108 valence electrons. The van der Waals surface area contributed by atoms with Crippen LogP contribution in [0.15, 0.2) is 46.0 Å². The van der Waals surface area contributed by atoms with Gasteiger partial charge in [0.25, 0.3) is 0 Å². The zero-order valence-electron chi connectivity index (χ0n) is 11.7. The lowest BCUT2D eigenvalue weighted by molar-refractivity contribution is 0.521. The SMILES string of the molecule is CC(Nc1cccc(S(=O)(=O)N(C)C)c1)c1ccsc1. The van der Waals surface area contributed by atoms with Gasteiger partial charge in [0, 0.05) is 25.8 Å². The number of hydrogen-bond donors (Lipinski definition) is 1. The monoisotopic (exact) mass is 310 g/mol. The van der Waals surface area contributed by atoms with Gasteiger partial charge in [0.1, 0.15) is 0 Å². The van der Waals surface area contributed by atoms with Gasteiger partial charge in [-0.3, -0.25) is 0 Å². The Hall–Kier alpha value is -1.37. The van der Waals surface area contributed by atoms with E-state index in [1.807, 2.05) is 11.4 Å². The molecule has 1 aromatic carbocycles. The molecule has 1 heterocycles. The number of hydrogen-bond acceptors (Lipinski definition) is 4. The topological polar surface area (TPSA) is 49.4 Å². The van der Waals surface area contributed by atoms with E-state index in [-0.39, 0.29) is 6.04 Å². The van der Waals surface area contributed by atoms with Crippen LogP contribution < -0.4 is 5.32 Å². The molecule has 2 rings (SSSR count). The van der Waals surface area contributed by atoms with Gasteiger partial charge in [-0.15, -0.1) is 0 Å². The highest BCUT2D eigenvalue weighted by molar-refractivity contribution is 7.89. The van der Waals surface area contributed by atoms with Crippen LogP contribution in [0.4, 0.5) is 5.69 Å². The van der Waals surface area contributed by atoms with Crippen LogP contribution in [0.3, 0.4) is 0 Å². The first-order chi connectivity index (χ1) is 9.41. The molecule has 0 amide bonds. The summed E-state index contributed by atoms with van der Waals surface area (Å²) >= 11 is 1.65. The van der Waals surface area contributed by atoms with Gasteiger partial charge in [-0.2, -0.15) is 11.3 Å². The first-order valence-corrected chi connectivity index (χ1v) is 8.61. The summed E-state index contributed by atoms with van der Waals surface area (Å²) < 4.78 is 25.4. The molecule has 2 aromatic rings. The second-order valence-electron chi connectivity index (χ2n) is 4.74. The molecule has 0 aliphatic rings. The summed E-state index contributed by atoms with van der Waals surface area (Å²) in [7, 11) is -0.331. The van der Waals surface area contributed by atoms with Crippen molar-refractivity contribution >= 4 is 27.0 Å². The van der Waals surface area contributed by atoms with Crippen molar-refractivity contribution in [1.29, 1.82) is 0 Å². The van der Waals surface area contributed by atoms with E-state index in [0.717, 1.165) is 5.69 Å². The smallest absolute Gasteiger partial charge is 0.242 e. The summed E-state index contributed by atoms with van der Waals surface area (Å²) in [6.45, 7) is 2.05. The van der Waals surface area contributed by atoms with Gasteiger partial charge in [0.05, 0.1) is 4.90 Å². The van der Waals surface area contributed by atoms with E-state index >= 15 is 0 Å². The molecule has 4 nitrogen and oxygen atoms in total. The minimum Gasteiger partial charge on any atom is -0.378 e. The minimum absolute atomic E-state index is 0.138. The van der Waals surface area contributed by atoms with Crippen LogP contribution in [-0.2, 0) is 10.0 Å². The third-order valence-electron chi connectivity index (χ3n) is 3.04. The van der Waals surface area contributed by atoms with Crippen LogP contribution in [0.2, 0.25) is 0 Å². The van der Waals surface area contributed by atoms with E-state index < -0.39 is 10.0 Å². The van der Waals surface area contributed by atoms with Crippen LogP contribution >= 0.6 is 11.3 Å². The van der Waals surface area contributed by atoms with Crippen molar-refractivity contribution in [3.8, 4) is 0 Å². The van der Waals surface area contributed by atoms with E-state index in [0.29, 0.717) is 4.90 Å². The van der Waals surface area contributed by atoms with Gasteiger partial charge in [0.2, 0.25) is 10.0 Å². The predicted molar refractivity (Wildman–Crippen MR) is 83.7 cm³/mol. The molecule has 0 spiro atoms. The summed E-state index contributed by atoms with van der Waals surface area (Å²) in [6, 6.07) is 9.09. The van der Waals surface area contributed by atoms with Crippen LogP contribution in [-0.4, -0.2) is 26.8 Å². The van der Waals surface area contributed by atoms with E-state index in [9.17, 15) is 8.42 Å². The maximum Gasteiger partial charge on any atom is 0.242 e. The van der Waals surface area contributed by atoms with E-state index in [1.54, 1.807) is 29.5 Å². The maximum absolute atomic E-state index is 12.1. The number of anilines is 1. The van der Waals surface area contributed by atoms with Crippen molar-refractivity contribution in [2.24, 2.45) is 0 Å². The zero-order valence-corrected chi connectivity index (χ0v) is 13.3. The Labute approximate surface area is 124 Å². The first-order valence-electron chi connectivity index (χ1n) is 6.22. The lowest BCUT2D eigenvalue weighted by atomic mass is 10.2. The second-order valence-corrected chi connectivity index (χ2v) is 7.67. The number of nitrogens with one attached hydrogen (secondary N) is 1. The third kappa shape index (κ3) is 3.20. The largest absolute Gasteiger partial charge is 0.378 e. The molecule has 1 unspecified atom stereocenters. The average molecular weight is 310 g/mol. The number of rotatable bonds is 5. The Balaban J connectivity index is 2.23. The van der Waals surface area contributed by atoms with Gasteiger partial charge in [-0.05, 0) is 47.5 Å². The van der Waals surface area contributed by atoms with E-state index in [2.05, 4.69) is 23.7 Å². The molecule has 0 saturated carbocycles. The van der Waals surface area contributed by atoms with Crippen molar-refractivity contribution in [1.82, 2.24) is 4.31 Å². The fourth-order valence-corrected chi connectivity index (χ4v) is 3.51.